The molecule has 110 valence electrons. The Morgan fingerprint density at radius 2 is 1.95 bits per heavy atom. The first kappa shape index (κ1) is 14.9. The molecule has 3 aromatic rings. The smallest absolute Gasteiger partial charge is 0.234 e. The molecule has 0 radical (unpaired) electrons. The number of fused-ring (bicyclic) bond motifs is 1. The van der Waals surface area contributed by atoms with E-state index in [4.69, 9.17) is 15.2 Å². The highest BCUT2D eigenvalue weighted by molar-refractivity contribution is 5.85. The summed E-state index contributed by atoms with van der Waals surface area (Å²) in [6.07, 6.45) is 5.22. The molecular weight excluding hydrogens is 292 g/mol. The van der Waals surface area contributed by atoms with Crippen molar-refractivity contribution in [2.45, 2.75) is 0 Å². The Bertz CT molecular complexity index is 773. The van der Waals surface area contributed by atoms with Crippen molar-refractivity contribution in [3.63, 3.8) is 0 Å². The standard InChI is InChI=1S/C14H14N4O2.ClH/c1-19-10-3-4-11(13(5-10)20-2)12-8-18-7-9(15)6-16-14(18)17-12;/h3-8H,15H2,1-2H3;1H. The molecule has 2 N–H and O–H groups in total. The van der Waals surface area contributed by atoms with Gasteiger partial charge in [-0.2, -0.15) is 0 Å². The fraction of sp³-hybridized carbons (Fsp3) is 0.143. The Kier molecular flexibility index (Phi) is 4.18. The van der Waals surface area contributed by atoms with Crippen LogP contribution in [0.3, 0.4) is 0 Å². The zero-order chi connectivity index (χ0) is 14.1. The van der Waals surface area contributed by atoms with Crippen LogP contribution in [0.15, 0.2) is 36.8 Å². The summed E-state index contributed by atoms with van der Waals surface area (Å²) in [6, 6.07) is 5.59. The van der Waals surface area contributed by atoms with Crippen molar-refractivity contribution in [1.82, 2.24) is 14.4 Å². The van der Waals surface area contributed by atoms with E-state index in [0.29, 0.717) is 17.2 Å². The fourth-order valence-corrected chi connectivity index (χ4v) is 2.04. The predicted octanol–water partition coefficient (Wildman–Crippen LogP) is 2.42. The minimum Gasteiger partial charge on any atom is -0.497 e. The summed E-state index contributed by atoms with van der Waals surface area (Å²) in [6.45, 7) is 0. The van der Waals surface area contributed by atoms with Gasteiger partial charge in [-0.25, -0.2) is 9.97 Å². The highest BCUT2D eigenvalue weighted by Crippen LogP contribution is 2.32. The SMILES string of the molecule is COc1ccc(-c2cn3cc(N)cnc3n2)c(OC)c1.Cl. The van der Waals surface area contributed by atoms with E-state index in [0.717, 1.165) is 17.0 Å². The summed E-state index contributed by atoms with van der Waals surface area (Å²) in [5.74, 6) is 2.02. The molecule has 7 heteroatoms. The van der Waals surface area contributed by atoms with E-state index in [1.807, 2.05) is 24.4 Å². The second-order valence-corrected chi connectivity index (χ2v) is 4.29. The summed E-state index contributed by atoms with van der Waals surface area (Å²) >= 11 is 0. The third-order valence-electron chi connectivity index (χ3n) is 3.01. The lowest BCUT2D eigenvalue weighted by molar-refractivity contribution is 0.395. The highest BCUT2D eigenvalue weighted by Gasteiger charge is 2.11. The molecule has 0 amide bonds. The largest absolute Gasteiger partial charge is 0.497 e. The van der Waals surface area contributed by atoms with Gasteiger partial charge in [0.2, 0.25) is 5.78 Å². The third-order valence-corrected chi connectivity index (χ3v) is 3.01. The average Bonchev–Trinajstić information content (AvgIpc) is 2.89. The van der Waals surface area contributed by atoms with Crippen molar-refractivity contribution in [3.8, 4) is 22.8 Å². The number of hydrogen-bond acceptors (Lipinski definition) is 5. The maximum atomic E-state index is 5.71. The second kappa shape index (κ2) is 5.88. The molecule has 6 nitrogen and oxygen atoms in total. The molecule has 0 saturated heterocycles. The minimum absolute atomic E-state index is 0. The summed E-state index contributed by atoms with van der Waals surface area (Å²) in [7, 11) is 3.23. The number of methoxy groups -OCH3 is 2. The van der Waals surface area contributed by atoms with Crippen LogP contribution in [0.1, 0.15) is 0 Å². The number of nitrogens with two attached hydrogens (primary N) is 1. The molecule has 0 bridgehead atoms. The lowest BCUT2D eigenvalue weighted by Crippen LogP contribution is -1.91. The van der Waals surface area contributed by atoms with E-state index in [-0.39, 0.29) is 12.4 Å². The van der Waals surface area contributed by atoms with Crippen molar-refractivity contribution in [1.29, 1.82) is 0 Å². The summed E-state index contributed by atoms with van der Waals surface area (Å²) < 4.78 is 12.4. The van der Waals surface area contributed by atoms with Gasteiger partial charge < -0.3 is 15.2 Å². The van der Waals surface area contributed by atoms with Gasteiger partial charge in [-0.1, -0.05) is 0 Å². The van der Waals surface area contributed by atoms with Gasteiger partial charge in [0.25, 0.3) is 0 Å². The van der Waals surface area contributed by atoms with Crippen LogP contribution < -0.4 is 15.2 Å². The predicted molar refractivity (Wildman–Crippen MR) is 83.2 cm³/mol. The van der Waals surface area contributed by atoms with Gasteiger partial charge >= 0.3 is 0 Å². The zero-order valence-corrected chi connectivity index (χ0v) is 12.4. The van der Waals surface area contributed by atoms with Crippen LogP contribution in [0.5, 0.6) is 11.5 Å². The van der Waals surface area contributed by atoms with Gasteiger partial charge in [-0.3, -0.25) is 4.40 Å². The van der Waals surface area contributed by atoms with E-state index < -0.39 is 0 Å². The lowest BCUT2D eigenvalue weighted by atomic mass is 10.1. The van der Waals surface area contributed by atoms with E-state index in [9.17, 15) is 0 Å². The number of imidazole rings is 1. The molecule has 2 heterocycles. The molecule has 0 aliphatic rings. The fourth-order valence-electron chi connectivity index (χ4n) is 2.04. The van der Waals surface area contributed by atoms with Crippen LogP contribution in [0, 0.1) is 0 Å². The molecule has 1 aromatic carbocycles. The van der Waals surface area contributed by atoms with Crippen LogP contribution in [0.2, 0.25) is 0 Å². The summed E-state index contributed by atoms with van der Waals surface area (Å²) in [5.41, 5.74) is 7.94. The molecule has 0 aliphatic carbocycles. The second-order valence-electron chi connectivity index (χ2n) is 4.29. The molecule has 0 spiro atoms. The summed E-state index contributed by atoms with van der Waals surface area (Å²) in [4.78, 5) is 8.64. The Balaban J connectivity index is 0.00000161. The van der Waals surface area contributed by atoms with Crippen molar-refractivity contribution < 1.29 is 9.47 Å². The molecule has 0 atom stereocenters. The van der Waals surface area contributed by atoms with E-state index in [1.54, 1.807) is 31.0 Å². The van der Waals surface area contributed by atoms with E-state index >= 15 is 0 Å². The normalized spacial score (nSPS) is 10.2. The first-order valence-electron chi connectivity index (χ1n) is 6.04. The number of nitrogen functional groups attached to an aromatic ring is 1. The first-order valence-corrected chi connectivity index (χ1v) is 6.04. The van der Waals surface area contributed by atoms with Gasteiger partial charge in [0, 0.05) is 24.0 Å². The molecule has 0 unspecified atom stereocenters. The van der Waals surface area contributed by atoms with E-state index in [1.165, 1.54) is 0 Å². The van der Waals surface area contributed by atoms with Crippen molar-refractivity contribution in [2.24, 2.45) is 0 Å². The van der Waals surface area contributed by atoms with Gasteiger partial charge in [-0.05, 0) is 12.1 Å². The Morgan fingerprint density at radius 1 is 1.14 bits per heavy atom. The Labute approximate surface area is 127 Å². The molecule has 0 aliphatic heterocycles. The van der Waals surface area contributed by atoms with Crippen LogP contribution >= 0.6 is 12.4 Å². The maximum Gasteiger partial charge on any atom is 0.234 e. The maximum absolute atomic E-state index is 5.71. The van der Waals surface area contributed by atoms with Gasteiger partial charge in [0.1, 0.15) is 11.5 Å². The monoisotopic (exact) mass is 306 g/mol. The van der Waals surface area contributed by atoms with Crippen molar-refractivity contribution >= 4 is 23.9 Å². The molecule has 0 saturated carbocycles. The van der Waals surface area contributed by atoms with Gasteiger partial charge in [0.05, 0.1) is 31.8 Å². The lowest BCUT2D eigenvalue weighted by Gasteiger charge is -2.08. The number of rotatable bonds is 3. The Morgan fingerprint density at radius 3 is 2.67 bits per heavy atom. The number of hydrogen-bond donors (Lipinski definition) is 1. The topological polar surface area (TPSA) is 74.7 Å². The molecule has 3 rings (SSSR count). The molecule has 0 fully saturated rings. The van der Waals surface area contributed by atoms with Crippen molar-refractivity contribution in [2.75, 3.05) is 20.0 Å². The van der Waals surface area contributed by atoms with Crippen LogP contribution in [-0.4, -0.2) is 28.6 Å². The first-order chi connectivity index (χ1) is 9.71. The molecular formula is C14H15ClN4O2. The Hall–Kier alpha value is -2.47. The van der Waals surface area contributed by atoms with Crippen LogP contribution in [0.25, 0.3) is 17.0 Å². The van der Waals surface area contributed by atoms with Crippen LogP contribution in [0.4, 0.5) is 5.69 Å². The summed E-state index contributed by atoms with van der Waals surface area (Å²) in [5, 5.41) is 0. The third kappa shape index (κ3) is 2.71. The number of nitrogens with zero attached hydrogens (tertiary/aromatic N) is 3. The number of halogens is 1. The number of aromatic nitrogens is 3. The van der Waals surface area contributed by atoms with Crippen molar-refractivity contribution in [3.05, 3.63) is 36.8 Å². The number of benzene rings is 1. The van der Waals surface area contributed by atoms with Gasteiger partial charge in [-0.15, -0.1) is 12.4 Å². The minimum atomic E-state index is 0. The van der Waals surface area contributed by atoms with Gasteiger partial charge in [0.15, 0.2) is 0 Å². The quantitative estimate of drug-likeness (QED) is 0.804. The molecule has 21 heavy (non-hydrogen) atoms. The highest BCUT2D eigenvalue weighted by atomic mass is 35.5. The number of anilines is 1. The zero-order valence-electron chi connectivity index (χ0n) is 11.6. The number of ether oxygens (including phenoxy) is 2. The van der Waals surface area contributed by atoms with Crippen LogP contribution in [-0.2, 0) is 0 Å². The average molecular weight is 307 g/mol. The van der Waals surface area contributed by atoms with E-state index in [2.05, 4.69) is 9.97 Å². The molecule has 2 aromatic heterocycles.